The third-order valence-electron chi connectivity index (χ3n) is 4.52. The second-order valence-electron chi connectivity index (χ2n) is 6.74. The molecular weight excluding hydrogens is 476 g/mol. The zero-order chi connectivity index (χ0) is 23.5. The minimum absolute atomic E-state index is 0.0699. The first kappa shape index (κ1) is 22.8. The van der Waals surface area contributed by atoms with E-state index in [2.05, 4.69) is 21.6 Å². The summed E-state index contributed by atoms with van der Waals surface area (Å²) in [5, 5.41) is 3.57. The van der Waals surface area contributed by atoms with Gasteiger partial charge in [-0.05, 0) is 30.3 Å². The fraction of sp³-hybridized carbons (Fsp3) is 0.136. The molecule has 0 aliphatic carbocycles. The summed E-state index contributed by atoms with van der Waals surface area (Å²) in [5.74, 6) is -0.676. The molecule has 4 aromatic rings. The number of rotatable bonds is 8. The Hall–Kier alpha value is -3.37. The van der Waals surface area contributed by atoms with Crippen molar-refractivity contribution in [2.75, 3.05) is 11.1 Å². The Morgan fingerprint density at radius 3 is 2.85 bits per heavy atom. The Labute approximate surface area is 195 Å². The van der Waals surface area contributed by atoms with E-state index in [0.717, 1.165) is 11.8 Å². The number of nitrogens with one attached hydrogen (secondary N) is 1. The van der Waals surface area contributed by atoms with E-state index >= 15 is 0 Å². The molecule has 0 unspecified atom stereocenters. The molecule has 170 valence electrons. The van der Waals surface area contributed by atoms with Crippen LogP contribution in [0.4, 0.5) is 14.5 Å². The number of hydrogen-bond acceptors (Lipinski definition) is 6. The van der Waals surface area contributed by atoms with Crippen LogP contribution in [-0.2, 0) is 11.3 Å². The number of allylic oxidation sites excluding steroid dienone is 1. The van der Waals surface area contributed by atoms with Crippen LogP contribution in [0, 0.1) is 0 Å². The minimum Gasteiger partial charge on any atom is -0.448 e. The molecule has 0 radical (unpaired) electrons. The average molecular weight is 492 g/mol. The first-order valence-corrected chi connectivity index (χ1v) is 10.9. The van der Waals surface area contributed by atoms with Gasteiger partial charge < -0.3 is 14.5 Å². The molecule has 0 aliphatic heterocycles. The molecule has 11 heteroatoms. The van der Waals surface area contributed by atoms with Crippen molar-refractivity contribution in [2.45, 2.75) is 18.3 Å². The van der Waals surface area contributed by atoms with Crippen molar-refractivity contribution in [3.8, 4) is 5.75 Å². The van der Waals surface area contributed by atoms with Crippen molar-refractivity contribution in [1.82, 2.24) is 9.55 Å². The van der Waals surface area contributed by atoms with E-state index in [9.17, 15) is 18.4 Å². The van der Waals surface area contributed by atoms with E-state index in [1.807, 2.05) is 6.07 Å². The first-order valence-electron chi connectivity index (χ1n) is 9.57. The van der Waals surface area contributed by atoms with Crippen LogP contribution in [0.25, 0.3) is 22.1 Å². The highest BCUT2D eigenvalue weighted by Crippen LogP contribution is 2.30. The molecular formula is C22H16ClF2N3O4S. The summed E-state index contributed by atoms with van der Waals surface area (Å²) >= 11 is 6.98. The standard InChI is InChI=1S/C22H16ClF2N3O4S/c1-2-9-28-20(30)19-18(13-5-3-4-6-15(13)31-19)27-22(28)33-11-17(29)26-12-7-8-16(14(23)10-12)32-21(24)25/h2-8,10,21H,1,9,11H2,(H,26,29). The number of halogens is 3. The van der Waals surface area contributed by atoms with E-state index in [-0.39, 0.29) is 34.2 Å². The summed E-state index contributed by atoms with van der Waals surface area (Å²) in [4.78, 5) is 30.0. The lowest BCUT2D eigenvalue weighted by Gasteiger charge is -2.11. The Kier molecular flexibility index (Phi) is 6.66. The third kappa shape index (κ3) is 4.86. The largest absolute Gasteiger partial charge is 0.448 e. The van der Waals surface area contributed by atoms with E-state index in [0.29, 0.717) is 27.3 Å². The highest BCUT2D eigenvalue weighted by molar-refractivity contribution is 7.99. The number of amides is 1. The molecule has 1 amide bonds. The van der Waals surface area contributed by atoms with Crippen molar-refractivity contribution in [2.24, 2.45) is 0 Å². The molecule has 2 heterocycles. The van der Waals surface area contributed by atoms with Gasteiger partial charge in [-0.1, -0.05) is 41.6 Å². The van der Waals surface area contributed by atoms with Gasteiger partial charge in [0, 0.05) is 17.6 Å². The maximum atomic E-state index is 13.0. The summed E-state index contributed by atoms with van der Waals surface area (Å²) in [6.07, 6.45) is 1.55. The molecule has 0 aliphatic rings. The normalized spacial score (nSPS) is 11.3. The lowest BCUT2D eigenvalue weighted by Crippen LogP contribution is -2.23. The van der Waals surface area contributed by atoms with E-state index < -0.39 is 12.5 Å². The van der Waals surface area contributed by atoms with Crippen molar-refractivity contribution < 1.29 is 22.7 Å². The number of nitrogens with zero attached hydrogens (tertiary/aromatic N) is 2. The van der Waals surface area contributed by atoms with Crippen LogP contribution in [0.15, 0.2) is 69.5 Å². The number of anilines is 1. The van der Waals surface area contributed by atoms with Crippen LogP contribution in [0.5, 0.6) is 5.75 Å². The van der Waals surface area contributed by atoms with Gasteiger partial charge in [-0.2, -0.15) is 8.78 Å². The lowest BCUT2D eigenvalue weighted by molar-refractivity contribution is -0.113. The second-order valence-corrected chi connectivity index (χ2v) is 8.09. The van der Waals surface area contributed by atoms with Crippen LogP contribution in [0.2, 0.25) is 5.02 Å². The third-order valence-corrected chi connectivity index (χ3v) is 5.79. The Morgan fingerprint density at radius 2 is 2.12 bits per heavy atom. The van der Waals surface area contributed by atoms with Crippen LogP contribution >= 0.6 is 23.4 Å². The number of benzene rings is 2. The van der Waals surface area contributed by atoms with E-state index in [1.54, 1.807) is 24.3 Å². The highest BCUT2D eigenvalue weighted by Gasteiger charge is 2.18. The molecule has 1 N–H and O–H groups in total. The van der Waals surface area contributed by atoms with Gasteiger partial charge in [0.25, 0.3) is 5.56 Å². The molecule has 0 saturated carbocycles. The van der Waals surface area contributed by atoms with Gasteiger partial charge in [0.05, 0.1) is 10.8 Å². The molecule has 7 nitrogen and oxygen atoms in total. The molecule has 4 rings (SSSR count). The number of furan rings is 1. The average Bonchev–Trinajstić information content (AvgIpc) is 3.15. The van der Waals surface area contributed by atoms with Gasteiger partial charge in [-0.15, -0.1) is 6.58 Å². The summed E-state index contributed by atoms with van der Waals surface area (Å²) in [7, 11) is 0. The molecule has 0 bridgehead atoms. The van der Waals surface area contributed by atoms with Gasteiger partial charge in [-0.3, -0.25) is 14.2 Å². The number of hydrogen-bond donors (Lipinski definition) is 1. The zero-order valence-electron chi connectivity index (χ0n) is 16.9. The van der Waals surface area contributed by atoms with E-state index in [4.69, 9.17) is 16.0 Å². The lowest BCUT2D eigenvalue weighted by atomic mass is 10.2. The molecule has 33 heavy (non-hydrogen) atoms. The van der Waals surface area contributed by atoms with Gasteiger partial charge in [-0.25, -0.2) is 4.98 Å². The zero-order valence-corrected chi connectivity index (χ0v) is 18.5. The summed E-state index contributed by atoms with van der Waals surface area (Å²) in [5.41, 5.74) is 1.02. The number of carbonyl (C=O) groups excluding carboxylic acids is 1. The number of alkyl halides is 2. The van der Waals surface area contributed by atoms with Crippen molar-refractivity contribution in [3.63, 3.8) is 0 Å². The van der Waals surface area contributed by atoms with Gasteiger partial charge in [0.2, 0.25) is 11.5 Å². The number of para-hydroxylation sites is 1. The minimum atomic E-state index is -3.01. The van der Waals surface area contributed by atoms with Crippen LogP contribution in [0.1, 0.15) is 0 Å². The monoisotopic (exact) mass is 491 g/mol. The first-order chi connectivity index (χ1) is 15.9. The summed E-state index contributed by atoms with van der Waals surface area (Å²) in [6.45, 7) is 0.844. The second kappa shape index (κ2) is 9.63. The van der Waals surface area contributed by atoms with Crippen molar-refractivity contribution in [1.29, 1.82) is 0 Å². The SMILES string of the molecule is C=CCn1c(SCC(=O)Nc2ccc(OC(F)F)c(Cl)c2)nc2c(oc3ccccc32)c1=O. The molecule has 0 fully saturated rings. The predicted molar refractivity (Wildman–Crippen MR) is 123 cm³/mol. The highest BCUT2D eigenvalue weighted by atomic mass is 35.5. The van der Waals surface area contributed by atoms with Gasteiger partial charge >= 0.3 is 6.61 Å². The Balaban J connectivity index is 1.56. The summed E-state index contributed by atoms with van der Waals surface area (Å²) in [6, 6.07) is 11.1. The van der Waals surface area contributed by atoms with Crippen LogP contribution in [0.3, 0.4) is 0 Å². The van der Waals surface area contributed by atoms with Gasteiger partial charge in [0.15, 0.2) is 5.16 Å². The van der Waals surface area contributed by atoms with Crippen molar-refractivity contribution in [3.05, 3.63) is 70.5 Å². The topological polar surface area (TPSA) is 86.4 Å². The number of carbonyl (C=O) groups is 1. The Bertz CT molecular complexity index is 1420. The van der Waals surface area contributed by atoms with Gasteiger partial charge in [0.1, 0.15) is 16.8 Å². The maximum absolute atomic E-state index is 13.0. The van der Waals surface area contributed by atoms with Crippen LogP contribution in [-0.4, -0.2) is 27.8 Å². The predicted octanol–water partition coefficient (Wildman–Crippen LogP) is 5.31. The molecule has 0 atom stereocenters. The molecule has 0 saturated heterocycles. The Morgan fingerprint density at radius 1 is 1.33 bits per heavy atom. The van der Waals surface area contributed by atoms with Crippen molar-refractivity contribution >= 4 is 57.0 Å². The quantitative estimate of drug-likeness (QED) is 0.204. The van der Waals surface area contributed by atoms with Crippen LogP contribution < -0.4 is 15.6 Å². The summed E-state index contributed by atoms with van der Waals surface area (Å²) < 4.78 is 36.1. The number of fused-ring (bicyclic) bond motifs is 3. The fourth-order valence-corrected chi connectivity index (χ4v) is 4.18. The maximum Gasteiger partial charge on any atom is 0.387 e. The molecule has 2 aromatic carbocycles. The number of ether oxygens (including phenoxy) is 1. The number of thioether (sulfide) groups is 1. The number of aromatic nitrogens is 2. The van der Waals surface area contributed by atoms with E-state index in [1.165, 1.54) is 22.8 Å². The fourth-order valence-electron chi connectivity index (χ4n) is 3.15. The smallest absolute Gasteiger partial charge is 0.387 e. The molecule has 0 spiro atoms. The molecule has 2 aromatic heterocycles.